The fourth-order valence-electron chi connectivity index (χ4n) is 2.34. The quantitative estimate of drug-likeness (QED) is 0.880. The number of hydrogen-bond acceptors (Lipinski definition) is 4. The van der Waals surface area contributed by atoms with E-state index in [2.05, 4.69) is 26.6 Å². The number of anilines is 1. The summed E-state index contributed by atoms with van der Waals surface area (Å²) in [6, 6.07) is 5.46. The van der Waals surface area contributed by atoms with Crippen molar-refractivity contribution in [1.82, 2.24) is 5.32 Å². The number of methoxy groups -OCH3 is 2. The molecule has 0 atom stereocenters. The summed E-state index contributed by atoms with van der Waals surface area (Å²) in [6.07, 6.45) is 1.34. The highest BCUT2D eigenvalue weighted by Gasteiger charge is 2.39. The SMILES string of the molecule is COc1cc(NC(=O)C2(OC)CCNCC2)ccc1Br. The number of piperidine rings is 1. The Morgan fingerprint density at radius 1 is 1.35 bits per heavy atom. The minimum Gasteiger partial charge on any atom is -0.495 e. The number of carbonyl (C=O) groups excluding carboxylic acids is 1. The molecule has 1 aromatic carbocycles. The number of nitrogens with one attached hydrogen (secondary N) is 2. The van der Waals surface area contributed by atoms with Crippen LogP contribution in [0.15, 0.2) is 22.7 Å². The number of carbonyl (C=O) groups is 1. The van der Waals surface area contributed by atoms with Crippen LogP contribution in [0.25, 0.3) is 0 Å². The Kier molecular flexibility index (Phi) is 5.01. The monoisotopic (exact) mass is 342 g/mol. The van der Waals surface area contributed by atoms with Gasteiger partial charge in [-0.1, -0.05) is 0 Å². The van der Waals surface area contributed by atoms with Crippen molar-refractivity contribution < 1.29 is 14.3 Å². The maximum atomic E-state index is 12.5. The van der Waals surface area contributed by atoms with Gasteiger partial charge in [-0.2, -0.15) is 0 Å². The second-order valence-corrected chi connectivity index (χ2v) is 5.61. The molecule has 0 unspecified atom stereocenters. The topological polar surface area (TPSA) is 59.6 Å². The maximum Gasteiger partial charge on any atom is 0.256 e. The molecule has 1 aromatic rings. The smallest absolute Gasteiger partial charge is 0.256 e. The minimum atomic E-state index is -0.744. The first-order valence-electron chi connectivity index (χ1n) is 6.52. The van der Waals surface area contributed by atoms with Crippen LogP contribution < -0.4 is 15.4 Å². The van der Waals surface area contributed by atoms with E-state index < -0.39 is 5.60 Å². The lowest BCUT2D eigenvalue weighted by atomic mass is 9.91. The van der Waals surface area contributed by atoms with Crippen molar-refractivity contribution in [2.45, 2.75) is 18.4 Å². The molecule has 1 aliphatic rings. The Morgan fingerprint density at radius 2 is 2.05 bits per heavy atom. The lowest BCUT2D eigenvalue weighted by molar-refractivity contribution is -0.140. The largest absolute Gasteiger partial charge is 0.495 e. The van der Waals surface area contributed by atoms with Gasteiger partial charge in [0.05, 0.1) is 11.6 Å². The molecule has 1 saturated heterocycles. The standard InChI is InChI=1S/C14H19BrN2O3/c1-19-12-9-10(3-4-11(12)15)17-13(18)14(20-2)5-7-16-8-6-14/h3-4,9,16H,5-8H2,1-2H3,(H,17,18). The fraction of sp³-hybridized carbons (Fsp3) is 0.500. The van der Waals surface area contributed by atoms with Crippen LogP contribution >= 0.6 is 15.9 Å². The highest BCUT2D eigenvalue weighted by atomic mass is 79.9. The molecular weight excluding hydrogens is 324 g/mol. The number of amides is 1. The third-order valence-electron chi connectivity index (χ3n) is 3.62. The first kappa shape index (κ1) is 15.3. The summed E-state index contributed by atoms with van der Waals surface area (Å²) in [6.45, 7) is 1.57. The fourth-order valence-corrected chi connectivity index (χ4v) is 2.75. The molecule has 0 saturated carbocycles. The van der Waals surface area contributed by atoms with E-state index in [0.29, 0.717) is 24.3 Å². The summed E-state index contributed by atoms with van der Waals surface area (Å²) in [4.78, 5) is 12.5. The molecule has 2 rings (SSSR count). The number of benzene rings is 1. The molecule has 0 radical (unpaired) electrons. The zero-order chi connectivity index (χ0) is 14.6. The van der Waals surface area contributed by atoms with E-state index >= 15 is 0 Å². The Hall–Kier alpha value is -1.11. The second kappa shape index (κ2) is 6.56. The van der Waals surface area contributed by atoms with Crippen LogP contribution in [0.4, 0.5) is 5.69 Å². The summed E-state index contributed by atoms with van der Waals surface area (Å²) in [5.41, 5.74) is -0.0454. The Bertz CT molecular complexity index is 487. The lowest BCUT2D eigenvalue weighted by Gasteiger charge is -2.34. The van der Waals surface area contributed by atoms with Gasteiger partial charge in [0, 0.05) is 18.9 Å². The molecule has 1 aliphatic heterocycles. The molecule has 1 fully saturated rings. The average molecular weight is 343 g/mol. The summed E-state index contributed by atoms with van der Waals surface area (Å²) in [5.74, 6) is 0.574. The van der Waals surface area contributed by atoms with Crippen LogP contribution in [0, 0.1) is 0 Å². The van der Waals surface area contributed by atoms with Gasteiger partial charge in [0.1, 0.15) is 11.4 Å². The molecule has 0 aliphatic carbocycles. The average Bonchev–Trinajstić information content (AvgIpc) is 2.49. The Labute approximate surface area is 127 Å². The maximum absolute atomic E-state index is 12.5. The van der Waals surface area contributed by atoms with Crippen LogP contribution in [-0.2, 0) is 9.53 Å². The molecule has 1 heterocycles. The van der Waals surface area contributed by atoms with E-state index in [0.717, 1.165) is 17.6 Å². The number of halogens is 1. The van der Waals surface area contributed by atoms with E-state index in [1.807, 2.05) is 12.1 Å². The van der Waals surface area contributed by atoms with Crippen LogP contribution in [0.2, 0.25) is 0 Å². The van der Waals surface area contributed by atoms with Crippen LogP contribution in [0.5, 0.6) is 5.75 Å². The van der Waals surface area contributed by atoms with Gasteiger partial charge in [0.25, 0.3) is 5.91 Å². The summed E-state index contributed by atoms with van der Waals surface area (Å²) in [5, 5.41) is 6.14. The molecular formula is C14H19BrN2O3. The molecule has 110 valence electrons. The van der Waals surface area contributed by atoms with Gasteiger partial charge >= 0.3 is 0 Å². The zero-order valence-corrected chi connectivity index (χ0v) is 13.2. The lowest BCUT2D eigenvalue weighted by Crippen LogP contribution is -2.51. The van der Waals surface area contributed by atoms with E-state index in [-0.39, 0.29) is 5.91 Å². The van der Waals surface area contributed by atoms with Gasteiger partial charge in [-0.15, -0.1) is 0 Å². The molecule has 0 bridgehead atoms. The molecule has 6 heteroatoms. The van der Waals surface area contributed by atoms with Crippen LogP contribution in [0.1, 0.15) is 12.8 Å². The van der Waals surface area contributed by atoms with E-state index in [1.54, 1.807) is 20.3 Å². The van der Waals surface area contributed by atoms with E-state index in [1.165, 1.54) is 0 Å². The van der Waals surface area contributed by atoms with Crippen molar-refractivity contribution in [3.8, 4) is 5.75 Å². The van der Waals surface area contributed by atoms with Crippen LogP contribution in [0.3, 0.4) is 0 Å². The molecule has 0 spiro atoms. The van der Waals surface area contributed by atoms with Crippen molar-refractivity contribution in [3.05, 3.63) is 22.7 Å². The second-order valence-electron chi connectivity index (χ2n) is 4.75. The normalized spacial score (nSPS) is 17.6. The van der Waals surface area contributed by atoms with Gasteiger partial charge in [-0.05, 0) is 54.0 Å². The third kappa shape index (κ3) is 3.13. The van der Waals surface area contributed by atoms with Gasteiger partial charge in [0.2, 0.25) is 0 Å². The van der Waals surface area contributed by atoms with Crippen molar-refractivity contribution in [2.24, 2.45) is 0 Å². The van der Waals surface area contributed by atoms with E-state index in [9.17, 15) is 4.79 Å². The predicted molar refractivity (Wildman–Crippen MR) is 81.2 cm³/mol. The number of ether oxygens (including phenoxy) is 2. The summed E-state index contributed by atoms with van der Waals surface area (Å²) in [7, 11) is 3.18. The highest BCUT2D eigenvalue weighted by molar-refractivity contribution is 9.10. The van der Waals surface area contributed by atoms with Gasteiger partial charge in [0.15, 0.2) is 0 Å². The first-order chi connectivity index (χ1) is 9.61. The molecule has 1 amide bonds. The number of rotatable bonds is 4. The summed E-state index contributed by atoms with van der Waals surface area (Å²) >= 11 is 3.39. The number of hydrogen-bond donors (Lipinski definition) is 2. The minimum absolute atomic E-state index is 0.106. The highest BCUT2D eigenvalue weighted by Crippen LogP contribution is 2.29. The van der Waals surface area contributed by atoms with E-state index in [4.69, 9.17) is 9.47 Å². The summed E-state index contributed by atoms with van der Waals surface area (Å²) < 4.78 is 11.6. The van der Waals surface area contributed by atoms with Gasteiger partial charge in [-0.3, -0.25) is 4.79 Å². The third-order valence-corrected chi connectivity index (χ3v) is 4.28. The predicted octanol–water partition coefficient (Wildman–Crippen LogP) is 2.16. The molecule has 2 N–H and O–H groups in total. The Balaban J connectivity index is 2.14. The van der Waals surface area contributed by atoms with Gasteiger partial charge in [-0.25, -0.2) is 0 Å². The van der Waals surface area contributed by atoms with Crippen molar-refractivity contribution in [1.29, 1.82) is 0 Å². The zero-order valence-electron chi connectivity index (χ0n) is 11.7. The van der Waals surface area contributed by atoms with Crippen molar-refractivity contribution >= 4 is 27.5 Å². The van der Waals surface area contributed by atoms with Crippen molar-refractivity contribution in [2.75, 3.05) is 32.6 Å². The molecule has 20 heavy (non-hydrogen) atoms. The van der Waals surface area contributed by atoms with Gasteiger partial charge < -0.3 is 20.1 Å². The van der Waals surface area contributed by atoms with Crippen molar-refractivity contribution in [3.63, 3.8) is 0 Å². The van der Waals surface area contributed by atoms with Crippen LogP contribution in [-0.4, -0.2) is 38.8 Å². The Morgan fingerprint density at radius 3 is 2.65 bits per heavy atom. The molecule has 5 nitrogen and oxygen atoms in total. The first-order valence-corrected chi connectivity index (χ1v) is 7.31. The molecule has 0 aromatic heterocycles.